The van der Waals surface area contributed by atoms with Crippen LogP contribution >= 0.6 is 27.7 Å². The molecular weight excluding hydrogens is 416 g/mol. The molecule has 0 fully saturated rings. The van der Waals surface area contributed by atoms with Gasteiger partial charge in [-0.2, -0.15) is 0 Å². The Morgan fingerprint density at radius 1 is 1.35 bits per heavy atom. The lowest BCUT2D eigenvalue weighted by Crippen LogP contribution is -2.35. The highest BCUT2D eigenvalue weighted by atomic mass is 79.9. The van der Waals surface area contributed by atoms with Gasteiger partial charge in [0.05, 0.1) is 28.6 Å². The van der Waals surface area contributed by atoms with Crippen LogP contribution < -0.4 is 15.4 Å². The predicted octanol–water partition coefficient (Wildman–Crippen LogP) is 4.14. The number of para-hydroxylation sites is 1. The van der Waals surface area contributed by atoms with Gasteiger partial charge in [0.25, 0.3) is 0 Å². The van der Waals surface area contributed by atoms with Crippen LogP contribution in [0.25, 0.3) is 0 Å². The van der Waals surface area contributed by atoms with Gasteiger partial charge in [0.1, 0.15) is 5.75 Å². The van der Waals surface area contributed by atoms with E-state index in [0.717, 1.165) is 26.4 Å². The number of amides is 2. The van der Waals surface area contributed by atoms with E-state index in [-0.39, 0.29) is 24.3 Å². The van der Waals surface area contributed by atoms with Crippen molar-refractivity contribution in [2.45, 2.75) is 29.5 Å². The molecule has 136 valence electrons. The summed E-state index contributed by atoms with van der Waals surface area (Å²) < 4.78 is 6.05. The first-order valence-electron chi connectivity index (χ1n) is 8.17. The van der Waals surface area contributed by atoms with Crippen LogP contribution in [0.2, 0.25) is 0 Å². The first-order chi connectivity index (χ1) is 12.5. The molecule has 2 aromatic carbocycles. The van der Waals surface area contributed by atoms with Crippen molar-refractivity contribution in [3.05, 3.63) is 52.5 Å². The Morgan fingerprint density at radius 3 is 2.85 bits per heavy atom. The maximum absolute atomic E-state index is 12.4. The smallest absolute Gasteiger partial charge is 0.238 e. The first kappa shape index (κ1) is 18.8. The molecule has 0 radical (unpaired) electrons. The van der Waals surface area contributed by atoms with Crippen molar-refractivity contribution in [2.24, 2.45) is 0 Å². The van der Waals surface area contributed by atoms with Crippen molar-refractivity contribution >= 4 is 45.2 Å². The van der Waals surface area contributed by atoms with E-state index in [1.54, 1.807) is 7.11 Å². The minimum Gasteiger partial charge on any atom is -0.496 e. The van der Waals surface area contributed by atoms with Gasteiger partial charge in [-0.25, -0.2) is 0 Å². The standard InChI is InChI=1S/C19H19BrN2O3S/c1-11(12-7-8-15(25-2)13(20)9-12)21-18(23)10-17-19(24)22-14-5-3-4-6-16(14)26-17/h3-9,11,17H,10H2,1-2H3,(H,21,23)(H,22,24). The number of carbonyl (C=O) groups excluding carboxylic acids is 2. The fourth-order valence-electron chi connectivity index (χ4n) is 2.73. The molecule has 0 aliphatic carbocycles. The third-order valence-electron chi connectivity index (χ3n) is 4.13. The summed E-state index contributed by atoms with van der Waals surface area (Å²) in [6.07, 6.45) is 0.131. The minimum atomic E-state index is -0.431. The van der Waals surface area contributed by atoms with E-state index < -0.39 is 5.25 Å². The second kappa shape index (κ2) is 8.14. The summed E-state index contributed by atoms with van der Waals surface area (Å²) in [4.78, 5) is 25.6. The second-order valence-corrected chi connectivity index (χ2v) is 8.08. The highest BCUT2D eigenvalue weighted by Gasteiger charge is 2.29. The molecule has 0 bridgehead atoms. The van der Waals surface area contributed by atoms with Crippen LogP contribution in [0.15, 0.2) is 51.8 Å². The second-order valence-electron chi connectivity index (χ2n) is 5.98. The van der Waals surface area contributed by atoms with Gasteiger partial charge in [-0.1, -0.05) is 18.2 Å². The van der Waals surface area contributed by atoms with E-state index in [2.05, 4.69) is 26.6 Å². The molecule has 0 aromatic heterocycles. The highest BCUT2D eigenvalue weighted by Crippen LogP contribution is 2.36. The molecule has 2 amide bonds. The summed E-state index contributed by atoms with van der Waals surface area (Å²) >= 11 is 4.88. The van der Waals surface area contributed by atoms with Crippen molar-refractivity contribution in [2.75, 3.05) is 12.4 Å². The third-order valence-corrected chi connectivity index (χ3v) is 6.03. The van der Waals surface area contributed by atoms with E-state index >= 15 is 0 Å². The molecule has 1 heterocycles. The van der Waals surface area contributed by atoms with E-state index in [1.807, 2.05) is 49.4 Å². The Labute approximate surface area is 165 Å². The van der Waals surface area contributed by atoms with Gasteiger partial charge in [0.2, 0.25) is 11.8 Å². The maximum atomic E-state index is 12.4. The monoisotopic (exact) mass is 434 g/mol. The lowest BCUT2D eigenvalue weighted by molar-refractivity contribution is -0.124. The molecule has 0 saturated carbocycles. The van der Waals surface area contributed by atoms with Gasteiger partial charge in [-0.05, 0) is 52.7 Å². The van der Waals surface area contributed by atoms with E-state index in [1.165, 1.54) is 11.8 Å². The summed E-state index contributed by atoms with van der Waals surface area (Å²) in [6.45, 7) is 1.91. The SMILES string of the molecule is COc1ccc(C(C)NC(=O)CC2Sc3ccccc3NC2=O)cc1Br. The van der Waals surface area contributed by atoms with Gasteiger partial charge >= 0.3 is 0 Å². The molecule has 26 heavy (non-hydrogen) atoms. The number of methoxy groups -OCH3 is 1. The number of ether oxygens (including phenoxy) is 1. The number of thioether (sulfide) groups is 1. The lowest BCUT2D eigenvalue weighted by Gasteiger charge is -2.24. The van der Waals surface area contributed by atoms with Crippen molar-refractivity contribution in [1.82, 2.24) is 5.32 Å². The molecule has 2 atom stereocenters. The van der Waals surface area contributed by atoms with Crippen LogP contribution in [-0.4, -0.2) is 24.2 Å². The van der Waals surface area contributed by atoms with Crippen LogP contribution in [0.3, 0.4) is 0 Å². The van der Waals surface area contributed by atoms with E-state index in [0.29, 0.717) is 0 Å². The zero-order chi connectivity index (χ0) is 18.7. The number of halogens is 1. The van der Waals surface area contributed by atoms with Gasteiger partial charge in [0.15, 0.2) is 0 Å². The molecule has 2 aromatic rings. The molecule has 3 rings (SSSR count). The Morgan fingerprint density at radius 2 is 2.12 bits per heavy atom. The van der Waals surface area contributed by atoms with E-state index in [4.69, 9.17) is 4.74 Å². The molecule has 7 heteroatoms. The lowest BCUT2D eigenvalue weighted by atomic mass is 10.1. The highest BCUT2D eigenvalue weighted by molar-refractivity contribution is 9.10. The number of nitrogens with one attached hydrogen (secondary N) is 2. The Kier molecular flexibility index (Phi) is 5.88. The average molecular weight is 435 g/mol. The fraction of sp³-hybridized carbons (Fsp3) is 0.263. The van der Waals surface area contributed by atoms with Gasteiger partial charge in [-0.15, -0.1) is 11.8 Å². The van der Waals surface area contributed by atoms with Crippen molar-refractivity contribution in [3.8, 4) is 5.75 Å². The maximum Gasteiger partial charge on any atom is 0.238 e. The Balaban J connectivity index is 1.62. The quantitative estimate of drug-likeness (QED) is 0.741. The molecule has 5 nitrogen and oxygen atoms in total. The van der Waals surface area contributed by atoms with Crippen LogP contribution in [0.4, 0.5) is 5.69 Å². The third kappa shape index (κ3) is 4.22. The summed E-state index contributed by atoms with van der Waals surface area (Å²) in [5, 5.41) is 5.39. The van der Waals surface area contributed by atoms with Crippen LogP contribution in [-0.2, 0) is 9.59 Å². The zero-order valence-corrected chi connectivity index (χ0v) is 16.8. The fourth-order valence-corrected chi connectivity index (χ4v) is 4.40. The summed E-state index contributed by atoms with van der Waals surface area (Å²) in [7, 11) is 1.61. The average Bonchev–Trinajstić information content (AvgIpc) is 2.62. The molecule has 0 saturated heterocycles. The number of carbonyl (C=O) groups is 2. The number of anilines is 1. The molecule has 2 N–H and O–H groups in total. The van der Waals surface area contributed by atoms with Crippen molar-refractivity contribution < 1.29 is 14.3 Å². The topological polar surface area (TPSA) is 67.4 Å². The molecular formula is C19H19BrN2O3S. The summed E-state index contributed by atoms with van der Waals surface area (Å²) in [5.41, 5.74) is 1.76. The van der Waals surface area contributed by atoms with Crippen LogP contribution in [0.1, 0.15) is 24.9 Å². The van der Waals surface area contributed by atoms with Crippen LogP contribution in [0.5, 0.6) is 5.75 Å². The normalized spacial score (nSPS) is 17.0. The number of rotatable bonds is 5. The zero-order valence-electron chi connectivity index (χ0n) is 14.4. The number of benzene rings is 2. The number of fused-ring (bicyclic) bond motifs is 1. The molecule has 1 aliphatic heterocycles. The number of hydrogen-bond donors (Lipinski definition) is 2. The molecule has 0 spiro atoms. The van der Waals surface area contributed by atoms with Gasteiger partial charge in [0, 0.05) is 11.3 Å². The first-order valence-corrected chi connectivity index (χ1v) is 9.84. The van der Waals surface area contributed by atoms with Gasteiger partial charge in [-0.3, -0.25) is 9.59 Å². The van der Waals surface area contributed by atoms with Crippen LogP contribution in [0, 0.1) is 0 Å². The van der Waals surface area contributed by atoms with Crippen molar-refractivity contribution in [1.29, 1.82) is 0 Å². The molecule has 2 unspecified atom stereocenters. The molecule has 1 aliphatic rings. The Hall–Kier alpha value is -1.99. The van der Waals surface area contributed by atoms with E-state index in [9.17, 15) is 9.59 Å². The Bertz CT molecular complexity index is 843. The summed E-state index contributed by atoms with van der Waals surface area (Å²) in [6, 6.07) is 13.1. The van der Waals surface area contributed by atoms with Gasteiger partial charge < -0.3 is 15.4 Å². The largest absolute Gasteiger partial charge is 0.496 e. The number of hydrogen-bond acceptors (Lipinski definition) is 4. The van der Waals surface area contributed by atoms with Crippen molar-refractivity contribution in [3.63, 3.8) is 0 Å². The minimum absolute atomic E-state index is 0.131. The predicted molar refractivity (Wildman–Crippen MR) is 107 cm³/mol. The summed E-state index contributed by atoms with van der Waals surface area (Å²) in [5.74, 6) is 0.446.